The minimum atomic E-state index is -0.442. The van der Waals surface area contributed by atoms with Gasteiger partial charge in [0.2, 0.25) is 0 Å². The zero-order chi connectivity index (χ0) is 13.4. The quantitative estimate of drug-likeness (QED) is 0.845. The van der Waals surface area contributed by atoms with Crippen LogP contribution in [0.15, 0.2) is 10.8 Å². The van der Waals surface area contributed by atoms with Gasteiger partial charge in [0.05, 0.1) is 0 Å². The number of alkyl carbamates (subject to hydrolysis) is 1. The van der Waals surface area contributed by atoms with Crippen LogP contribution in [0.4, 0.5) is 4.79 Å². The first-order valence-corrected chi connectivity index (χ1v) is 7.27. The molecule has 0 radical (unpaired) electrons. The highest BCUT2D eigenvalue weighted by Crippen LogP contribution is 2.31. The summed E-state index contributed by atoms with van der Waals surface area (Å²) in [6.07, 6.45) is 2.58. The number of fused-ring (bicyclic) bond motifs is 1. The summed E-state index contributed by atoms with van der Waals surface area (Å²) >= 11 is 1.74. The maximum atomic E-state index is 11.9. The number of ether oxygens (including phenoxy) is 1. The van der Waals surface area contributed by atoms with Gasteiger partial charge < -0.3 is 10.1 Å². The molecule has 0 fully saturated rings. The summed E-state index contributed by atoms with van der Waals surface area (Å²) in [5, 5.41) is 7.42. The largest absolute Gasteiger partial charge is 0.444 e. The first kappa shape index (κ1) is 13.4. The van der Waals surface area contributed by atoms with Crippen LogP contribution in [0.25, 0.3) is 0 Å². The Morgan fingerprint density at radius 1 is 1.39 bits per heavy atom. The number of nitrogens with one attached hydrogen (secondary N) is 1. The van der Waals surface area contributed by atoms with Crippen LogP contribution in [-0.4, -0.2) is 17.2 Å². The molecule has 100 valence electrons. The van der Waals surface area contributed by atoms with Gasteiger partial charge in [-0.25, -0.2) is 4.79 Å². The van der Waals surface area contributed by atoms with Crippen LogP contribution in [-0.2, 0) is 17.6 Å². The van der Waals surface area contributed by atoms with Crippen LogP contribution in [0.5, 0.6) is 0 Å². The van der Waals surface area contributed by atoms with Gasteiger partial charge in [-0.1, -0.05) is 0 Å². The molecule has 0 saturated heterocycles. The van der Waals surface area contributed by atoms with Crippen molar-refractivity contribution in [3.63, 3.8) is 0 Å². The molecule has 1 aromatic heterocycles. The second-order valence-corrected chi connectivity index (χ2v) is 7.03. The summed E-state index contributed by atoms with van der Waals surface area (Å²) in [5.41, 5.74) is 2.17. The summed E-state index contributed by atoms with van der Waals surface area (Å²) in [6, 6.07) is 0. The third-order valence-electron chi connectivity index (χ3n) is 3.16. The van der Waals surface area contributed by atoms with Gasteiger partial charge in [0.25, 0.3) is 0 Å². The standard InChI is InChI=1S/C14H21NO2S/c1-13(2,3)17-12(16)15-14(4)6-5-10-8-18-9-11(10)7-14/h8-9H,5-7H2,1-4H3,(H,15,16). The lowest BCUT2D eigenvalue weighted by molar-refractivity contribution is 0.0455. The number of rotatable bonds is 1. The van der Waals surface area contributed by atoms with Gasteiger partial charge in [-0.15, -0.1) is 0 Å². The fourth-order valence-electron chi connectivity index (χ4n) is 2.30. The fraction of sp³-hybridized carbons (Fsp3) is 0.643. The Bertz CT molecular complexity index is 447. The van der Waals surface area contributed by atoms with Gasteiger partial charge in [0.15, 0.2) is 0 Å². The Kier molecular flexibility index (Phi) is 3.41. The Morgan fingerprint density at radius 2 is 2.06 bits per heavy atom. The molecule has 0 bridgehead atoms. The van der Waals surface area contributed by atoms with E-state index in [9.17, 15) is 4.79 Å². The molecule has 0 saturated carbocycles. The van der Waals surface area contributed by atoms with E-state index in [1.165, 1.54) is 11.1 Å². The second kappa shape index (κ2) is 4.57. The molecule has 1 unspecified atom stereocenters. The first-order valence-electron chi connectivity index (χ1n) is 6.33. The van der Waals surface area contributed by atoms with E-state index in [4.69, 9.17) is 4.74 Å². The topological polar surface area (TPSA) is 38.3 Å². The molecule has 3 nitrogen and oxygen atoms in total. The normalized spacial score (nSPS) is 23.3. The summed E-state index contributed by atoms with van der Waals surface area (Å²) in [5.74, 6) is 0. The van der Waals surface area contributed by atoms with Gasteiger partial charge in [-0.3, -0.25) is 0 Å². The summed E-state index contributed by atoms with van der Waals surface area (Å²) in [4.78, 5) is 11.9. The molecule has 2 rings (SSSR count). The minimum Gasteiger partial charge on any atom is -0.444 e. The molecule has 1 aliphatic rings. The molecule has 1 aromatic rings. The van der Waals surface area contributed by atoms with Crippen molar-refractivity contribution in [2.24, 2.45) is 0 Å². The van der Waals surface area contributed by atoms with Gasteiger partial charge in [0.1, 0.15) is 5.60 Å². The third kappa shape index (κ3) is 3.25. The van der Waals surface area contributed by atoms with Crippen LogP contribution in [0.3, 0.4) is 0 Å². The fourth-order valence-corrected chi connectivity index (χ4v) is 3.20. The lowest BCUT2D eigenvalue weighted by atomic mass is 9.81. The molecule has 0 aliphatic heterocycles. The van der Waals surface area contributed by atoms with Crippen molar-refractivity contribution in [3.05, 3.63) is 21.9 Å². The highest BCUT2D eigenvalue weighted by molar-refractivity contribution is 7.08. The van der Waals surface area contributed by atoms with Gasteiger partial charge in [-0.2, -0.15) is 11.3 Å². The number of amides is 1. The van der Waals surface area contributed by atoms with E-state index in [2.05, 4.69) is 23.0 Å². The summed E-state index contributed by atoms with van der Waals surface area (Å²) in [7, 11) is 0. The molecule has 4 heteroatoms. The maximum absolute atomic E-state index is 11.9. The van der Waals surface area contributed by atoms with E-state index in [1.807, 2.05) is 20.8 Å². The van der Waals surface area contributed by atoms with Crippen molar-refractivity contribution in [2.45, 2.75) is 58.1 Å². The number of aryl methyl sites for hydroxylation is 1. The van der Waals surface area contributed by atoms with Crippen LogP contribution >= 0.6 is 11.3 Å². The van der Waals surface area contributed by atoms with Crippen LogP contribution in [0.1, 0.15) is 45.2 Å². The summed E-state index contributed by atoms with van der Waals surface area (Å²) < 4.78 is 5.33. The van der Waals surface area contributed by atoms with Crippen molar-refractivity contribution in [3.8, 4) is 0 Å². The Hall–Kier alpha value is -1.03. The number of carbonyl (C=O) groups excluding carboxylic acids is 1. The highest BCUT2D eigenvalue weighted by atomic mass is 32.1. The lowest BCUT2D eigenvalue weighted by Gasteiger charge is -2.35. The van der Waals surface area contributed by atoms with E-state index in [0.29, 0.717) is 0 Å². The van der Waals surface area contributed by atoms with Gasteiger partial charge in [-0.05, 0) is 68.8 Å². The predicted octanol–water partition coefficient (Wildman–Crippen LogP) is 3.52. The van der Waals surface area contributed by atoms with E-state index in [-0.39, 0.29) is 11.6 Å². The maximum Gasteiger partial charge on any atom is 0.408 e. The molecule has 1 heterocycles. The van der Waals surface area contributed by atoms with Gasteiger partial charge in [0, 0.05) is 5.54 Å². The Labute approximate surface area is 113 Å². The molecule has 1 amide bonds. The predicted molar refractivity (Wildman–Crippen MR) is 74.1 cm³/mol. The third-order valence-corrected chi connectivity index (χ3v) is 4.00. The number of carbonyl (C=O) groups is 1. The lowest BCUT2D eigenvalue weighted by Crippen LogP contribution is -2.51. The summed E-state index contributed by atoms with van der Waals surface area (Å²) in [6.45, 7) is 7.74. The monoisotopic (exact) mass is 267 g/mol. The zero-order valence-corrected chi connectivity index (χ0v) is 12.3. The molecule has 1 N–H and O–H groups in total. The van der Waals surface area contributed by atoms with Crippen molar-refractivity contribution in [1.82, 2.24) is 5.32 Å². The van der Waals surface area contributed by atoms with Crippen LogP contribution in [0.2, 0.25) is 0 Å². The molecule has 1 aliphatic carbocycles. The number of thiophene rings is 1. The highest BCUT2D eigenvalue weighted by Gasteiger charge is 2.33. The van der Waals surface area contributed by atoms with Crippen molar-refractivity contribution in [1.29, 1.82) is 0 Å². The number of hydrogen-bond acceptors (Lipinski definition) is 3. The van der Waals surface area contributed by atoms with Crippen LogP contribution in [0, 0.1) is 0 Å². The van der Waals surface area contributed by atoms with E-state index in [0.717, 1.165) is 19.3 Å². The molecule has 1 atom stereocenters. The SMILES string of the molecule is CC1(NC(=O)OC(C)(C)C)CCc2cscc2C1. The van der Waals surface area contributed by atoms with Crippen molar-refractivity contribution in [2.75, 3.05) is 0 Å². The Morgan fingerprint density at radius 3 is 2.72 bits per heavy atom. The van der Waals surface area contributed by atoms with Gasteiger partial charge >= 0.3 is 6.09 Å². The molecule has 18 heavy (non-hydrogen) atoms. The van der Waals surface area contributed by atoms with Crippen molar-refractivity contribution < 1.29 is 9.53 Å². The van der Waals surface area contributed by atoms with E-state index in [1.54, 1.807) is 11.3 Å². The molecular formula is C14H21NO2S. The average molecular weight is 267 g/mol. The molecule has 0 aromatic carbocycles. The number of hydrogen-bond donors (Lipinski definition) is 1. The van der Waals surface area contributed by atoms with E-state index < -0.39 is 5.60 Å². The Balaban J connectivity index is 2.00. The molecular weight excluding hydrogens is 246 g/mol. The minimum absolute atomic E-state index is 0.184. The average Bonchev–Trinajstić information content (AvgIpc) is 2.59. The second-order valence-electron chi connectivity index (χ2n) is 6.29. The smallest absolute Gasteiger partial charge is 0.408 e. The van der Waals surface area contributed by atoms with E-state index >= 15 is 0 Å². The van der Waals surface area contributed by atoms with Crippen molar-refractivity contribution >= 4 is 17.4 Å². The zero-order valence-electron chi connectivity index (χ0n) is 11.5. The first-order chi connectivity index (χ1) is 8.27. The van der Waals surface area contributed by atoms with Crippen LogP contribution < -0.4 is 5.32 Å². The molecule has 0 spiro atoms.